The predicted molar refractivity (Wildman–Crippen MR) is 54.5 cm³/mol. The molecule has 0 aromatic heterocycles. The molecule has 0 aliphatic heterocycles. The first-order valence-corrected chi connectivity index (χ1v) is 4.93. The molecule has 0 spiro atoms. The highest BCUT2D eigenvalue weighted by Gasteiger charge is 2.23. The molecule has 15 heavy (non-hydrogen) atoms. The number of aryl methyl sites for hydroxylation is 1. The minimum Gasteiger partial charge on any atom is -0.508 e. The van der Waals surface area contributed by atoms with Crippen molar-refractivity contribution in [2.75, 3.05) is 6.61 Å². The second-order valence-corrected chi connectivity index (χ2v) is 3.42. The molecule has 2 rings (SSSR count). The van der Waals surface area contributed by atoms with E-state index in [4.69, 9.17) is 4.84 Å². The van der Waals surface area contributed by atoms with Gasteiger partial charge in [0.25, 0.3) is 0 Å². The average molecular weight is 209 g/mol. The molecule has 0 amide bonds. The fourth-order valence-electron chi connectivity index (χ4n) is 1.78. The van der Waals surface area contributed by atoms with Gasteiger partial charge in [-0.1, -0.05) is 5.16 Å². The van der Waals surface area contributed by atoms with E-state index in [1.54, 1.807) is 6.07 Å². The van der Waals surface area contributed by atoms with E-state index in [9.17, 15) is 9.50 Å². The van der Waals surface area contributed by atoms with Gasteiger partial charge in [0.1, 0.15) is 18.2 Å². The smallest absolute Gasteiger partial charge is 0.136 e. The van der Waals surface area contributed by atoms with E-state index >= 15 is 0 Å². The van der Waals surface area contributed by atoms with Crippen LogP contribution in [0.2, 0.25) is 0 Å². The summed E-state index contributed by atoms with van der Waals surface area (Å²) in [5.41, 5.74) is 1.91. The second-order valence-electron chi connectivity index (χ2n) is 3.42. The average Bonchev–Trinajstić information content (AvgIpc) is 2.58. The highest BCUT2D eigenvalue weighted by atomic mass is 19.1. The summed E-state index contributed by atoms with van der Waals surface area (Å²) in [5, 5.41) is 13.1. The molecular formula is C11H12FNO2. The first kappa shape index (κ1) is 9.96. The molecule has 0 fully saturated rings. The van der Waals surface area contributed by atoms with Crippen LogP contribution < -0.4 is 0 Å². The molecule has 1 aliphatic carbocycles. The molecule has 0 unspecified atom stereocenters. The van der Waals surface area contributed by atoms with Crippen LogP contribution in [0.4, 0.5) is 4.39 Å². The van der Waals surface area contributed by atoms with Crippen molar-refractivity contribution in [2.24, 2.45) is 5.16 Å². The van der Waals surface area contributed by atoms with E-state index in [-0.39, 0.29) is 5.75 Å². The lowest BCUT2D eigenvalue weighted by Gasteiger charge is -2.03. The molecule has 1 aliphatic rings. The SMILES string of the molecule is CCO/N=C1\CCc2cc(O)cc(F)c21. The van der Waals surface area contributed by atoms with E-state index in [0.29, 0.717) is 30.7 Å². The van der Waals surface area contributed by atoms with Gasteiger partial charge in [-0.3, -0.25) is 0 Å². The lowest BCUT2D eigenvalue weighted by molar-refractivity contribution is 0.158. The summed E-state index contributed by atoms with van der Waals surface area (Å²) in [6.07, 6.45) is 1.36. The van der Waals surface area contributed by atoms with Crippen molar-refractivity contribution in [3.8, 4) is 5.75 Å². The summed E-state index contributed by atoms with van der Waals surface area (Å²) >= 11 is 0. The van der Waals surface area contributed by atoms with Gasteiger partial charge in [0.05, 0.1) is 5.71 Å². The number of rotatable bonds is 2. The molecular weight excluding hydrogens is 197 g/mol. The van der Waals surface area contributed by atoms with Crippen molar-refractivity contribution in [1.29, 1.82) is 0 Å². The number of hydrogen-bond acceptors (Lipinski definition) is 3. The van der Waals surface area contributed by atoms with Crippen molar-refractivity contribution < 1.29 is 14.3 Å². The van der Waals surface area contributed by atoms with Crippen LogP contribution in [-0.2, 0) is 11.3 Å². The van der Waals surface area contributed by atoms with Gasteiger partial charge < -0.3 is 9.94 Å². The standard InChI is InChI=1S/C11H12FNO2/c1-2-15-13-10-4-3-7-5-8(14)6-9(12)11(7)10/h5-6,14H,2-4H2,1H3/b13-10+. The van der Waals surface area contributed by atoms with Crippen molar-refractivity contribution in [1.82, 2.24) is 0 Å². The number of phenolic OH excluding ortho intramolecular Hbond substituents is 1. The Balaban J connectivity index is 2.42. The number of oxime groups is 1. The lowest BCUT2D eigenvalue weighted by atomic mass is 10.1. The van der Waals surface area contributed by atoms with Gasteiger partial charge in [-0.25, -0.2) is 4.39 Å². The van der Waals surface area contributed by atoms with Gasteiger partial charge in [-0.2, -0.15) is 0 Å². The Morgan fingerprint density at radius 2 is 2.27 bits per heavy atom. The number of aromatic hydroxyl groups is 1. The van der Waals surface area contributed by atoms with E-state index < -0.39 is 5.82 Å². The van der Waals surface area contributed by atoms with Crippen molar-refractivity contribution >= 4 is 5.71 Å². The number of nitrogens with zero attached hydrogens (tertiary/aromatic N) is 1. The molecule has 0 radical (unpaired) electrons. The van der Waals surface area contributed by atoms with Crippen LogP contribution in [-0.4, -0.2) is 17.4 Å². The zero-order chi connectivity index (χ0) is 10.8. The van der Waals surface area contributed by atoms with Crippen LogP contribution in [0.15, 0.2) is 17.3 Å². The number of fused-ring (bicyclic) bond motifs is 1. The highest BCUT2D eigenvalue weighted by molar-refractivity contribution is 6.04. The third-order valence-corrected chi connectivity index (χ3v) is 2.38. The summed E-state index contributed by atoms with van der Waals surface area (Å²) < 4.78 is 13.5. The van der Waals surface area contributed by atoms with E-state index in [1.807, 2.05) is 6.92 Å². The third kappa shape index (κ3) is 1.79. The molecule has 1 aromatic carbocycles. The molecule has 0 atom stereocenters. The Labute approximate surface area is 87.2 Å². The van der Waals surface area contributed by atoms with E-state index in [2.05, 4.69) is 5.16 Å². The molecule has 0 bridgehead atoms. The van der Waals surface area contributed by atoms with E-state index in [0.717, 1.165) is 11.6 Å². The largest absolute Gasteiger partial charge is 0.508 e. The minimum atomic E-state index is -0.430. The number of phenols is 1. The number of halogens is 1. The Morgan fingerprint density at radius 1 is 1.47 bits per heavy atom. The van der Waals surface area contributed by atoms with Crippen LogP contribution >= 0.6 is 0 Å². The van der Waals surface area contributed by atoms with Crippen LogP contribution in [0.3, 0.4) is 0 Å². The monoisotopic (exact) mass is 209 g/mol. The fraction of sp³-hybridized carbons (Fsp3) is 0.364. The number of hydrogen-bond donors (Lipinski definition) is 1. The van der Waals surface area contributed by atoms with Gasteiger partial charge in [0.2, 0.25) is 0 Å². The molecule has 0 saturated carbocycles. The van der Waals surface area contributed by atoms with Crippen molar-refractivity contribution in [2.45, 2.75) is 19.8 Å². The first-order chi connectivity index (χ1) is 7.22. The fourth-order valence-corrected chi connectivity index (χ4v) is 1.78. The quantitative estimate of drug-likeness (QED) is 0.759. The lowest BCUT2D eigenvalue weighted by Crippen LogP contribution is -1.99. The highest BCUT2D eigenvalue weighted by Crippen LogP contribution is 2.29. The topological polar surface area (TPSA) is 41.8 Å². The molecule has 0 heterocycles. The summed E-state index contributed by atoms with van der Waals surface area (Å²) in [6, 6.07) is 2.68. The molecule has 4 heteroatoms. The van der Waals surface area contributed by atoms with Crippen LogP contribution in [0.25, 0.3) is 0 Å². The van der Waals surface area contributed by atoms with Gasteiger partial charge >= 0.3 is 0 Å². The maximum absolute atomic E-state index is 13.5. The first-order valence-electron chi connectivity index (χ1n) is 4.93. The summed E-state index contributed by atoms with van der Waals surface area (Å²) in [6.45, 7) is 2.30. The minimum absolute atomic E-state index is 0.0380. The van der Waals surface area contributed by atoms with Crippen LogP contribution in [0.1, 0.15) is 24.5 Å². The Hall–Kier alpha value is -1.58. The summed E-state index contributed by atoms with van der Waals surface area (Å²) in [4.78, 5) is 4.92. The maximum atomic E-state index is 13.5. The molecule has 1 aromatic rings. The zero-order valence-corrected chi connectivity index (χ0v) is 8.46. The summed E-state index contributed by atoms with van der Waals surface area (Å²) in [5.74, 6) is -0.468. The van der Waals surface area contributed by atoms with E-state index in [1.165, 1.54) is 0 Å². The maximum Gasteiger partial charge on any atom is 0.136 e. The second kappa shape index (κ2) is 3.88. The molecule has 80 valence electrons. The summed E-state index contributed by atoms with van der Waals surface area (Å²) in [7, 11) is 0. The van der Waals surface area contributed by atoms with Crippen LogP contribution in [0.5, 0.6) is 5.75 Å². The molecule has 0 saturated heterocycles. The van der Waals surface area contributed by atoms with Crippen molar-refractivity contribution in [3.05, 3.63) is 29.1 Å². The molecule has 3 nitrogen and oxygen atoms in total. The Bertz CT molecular complexity index is 415. The zero-order valence-electron chi connectivity index (χ0n) is 8.46. The normalized spacial score (nSPS) is 16.8. The van der Waals surface area contributed by atoms with Crippen molar-refractivity contribution in [3.63, 3.8) is 0 Å². The Morgan fingerprint density at radius 3 is 3.00 bits per heavy atom. The van der Waals surface area contributed by atoms with Gasteiger partial charge in [0, 0.05) is 11.6 Å². The number of benzene rings is 1. The van der Waals surface area contributed by atoms with Crippen LogP contribution in [0, 0.1) is 5.82 Å². The van der Waals surface area contributed by atoms with Gasteiger partial charge in [-0.15, -0.1) is 0 Å². The van der Waals surface area contributed by atoms with Gasteiger partial charge in [0.15, 0.2) is 0 Å². The van der Waals surface area contributed by atoms with Gasteiger partial charge in [-0.05, 0) is 31.4 Å². The third-order valence-electron chi connectivity index (χ3n) is 2.38. The molecule has 1 N–H and O–H groups in total. The Kier molecular flexibility index (Phi) is 2.58. The predicted octanol–water partition coefficient (Wildman–Crippen LogP) is 2.22.